The molecule has 1 aliphatic rings. The first-order valence-electron chi connectivity index (χ1n) is 9.34. The van der Waals surface area contributed by atoms with E-state index in [4.69, 9.17) is 23.8 Å². The number of aromatic nitrogens is 1. The van der Waals surface area contributed by atoms with E-state index in [1.807, 2.05) is 36.5 Å². The molecule has 0 unspecified atom stereocenters. The lowest BCUT2D eigenvalue weighted by molar-refractivity contribution is -0.128. The first-order valence-corrected chi connectivity index (χ1v) is 10.9. The van der Waals surface area contributed by atoms with Crippen LogP contribution >= 0.6 is 35.6 Å². The number of carbonyl (C=O) groups is 2. The normalized spacial score (nSPS) is 15.4. The SMILES string of the molecule is O=C(CN1C(=O)/C(=C/c2cccc(Cl)c2)SC1=S)NCCc1c[nH]c2ccccc12. The Kier molecular flexibility index (Phi) is 6.22. The van der Waals surface area contributed by atoms with Gasteiger partial charge < -0.3 is 10.3 Å². The number of aromatic amines is 1. The van der Waals surface area contributed by atoms with Crippen molar-refractivity contribution in [2.24, 2.45) is 0 Å². The number of thioether (sulfide) groups is 1. The Morgan fingerprint density at radius 2 is 2.07 bits per heavy atom. The van der Waals surface area contributed by atoms with Gasteiger partial charge in [-0.2, -0.15) is 0 Å². The smallest absolute Gasteiger partial charge is 0.266 e. The molecular weight excluding hydrogens is 438 g/mol. The Balaban J connectivity index is 1.34. The number of hydrogen-bond acceptors (Lipinski definition) is 4. The molecule has 152 valence electrons. The predicted molar refractivity (Wildman–Crippen MR) is 126 cm³/mol. The van der Waals surface area contributed by atoms with Gasteiger partial charge in [-0.15, -0.1) is 0 Å². The molecule has 0 saturated carbocycles. The molecule has 1 saturated heterocycles. The van der Waals surface area contributed by atoms with Crippen molar-refractivity contribution >= 4 is 68.7 Å². The average molecular weight is 456 g/mol. The molecule has 2 N–H and O–H groups in total. The van der Waals surface area contributed by atoms with Crippen LogP contribution in [0.15, 0.2) is 59.6 Å². The summed E-state index contributed by atoms with van der Waals surface area (Å²) in [5.41, 5.74) is 3.02. The maximum Gasteiger partial charge on any atom is 0.266 e. The van der Waals surface area contributed by atoms with Gasteiger partial charge in [0.05, 0.1) is 4.91 Å². The number of fused-ring (bicyclic) bond motifs is 1. The molecule has 1 fully saturated rings. The number of carbonyl (C=O) groups excluding carboxylic acids is 2. The summed E-state index contributed by atoms with van der Waals surface area (Å²) in [7, 11) is 0. The fourth-order valence-corrected chi connectivity index (χ4v) is 4.71. The van der Waals surface area contributed by atoms with Crippen LogP contribution in [0, 0.1) is 0 Å². The number of H-pyrrole nitrogens is 1. The highest BCUT2D eigenvalue weighted by molar-refractivity contribution is 8.26. The average Bonchev–Trinajstić information content (AvgIpc) is 3.24. The van der Waals surface area contributed by atoms with E-state index < -0.39 is 0 Å². The van der Waals surface area contributed by atoms with Crippen LogP contribution in [0.5, 0.6) is 0 Å². The van der Waals surface area contributed by atoms with Crippen molar-refractivity contribution < 1.29 is 9.59 Å². The number of amides is 2. The second-order valence-corrected chi connectivity index (χ2v) is 8.89. The monoisotopic (exact) mass is 455 g/mol. The minimum absolute atomic E-state index is 0.0918. The van der Waals surface area contributed by atoms with Crippen LogP contribution in [0.3, 0.4) is 0 Å². The number of para-hydroxylation sites is 1. The highest BCUT2D eigenvalue weighted by Crippen LogP contribution is 2.32. The number of rotatable bonds is 6. The molecule has 0 radical (unpaired) electrons. The van der Waals surface area contributed by atoms with Gasteiger partial charge in [-0.25, -0.2) is 0 Å². The Morgan fingerprint density at radius 1 is 1.23 bits per heavy atom. The van der Waals surface area contributed by atoms with E-state index in [1.54, 1.807) is 18.2 Å². The number of halogens is 1. The van der Waals surface area contributed by atoms with Crippen molar-refractivity contribution in [3.05, 3.63) is 75.8 Å². The third-order valence-corrected chi connectivity index (χ3v) is 6.33. The summed E-state index contributed by atoms with van der Waals surface area (Å²) in [4.78, 5) is 30.1. The number of hydrogen-bond donors (Lipinski definition) is 2. The van der Waals surface area contributed by atoms with Gasteiger partial charge >= 0.3 is 0 Å². The van der Waals surface area contributed by atoms with E-state index >= 15 is 0 Å². The lowest BCUT2D eigenvalue weighted by atomic mass is 10.1. The van der Waals surface area contributed by atoms with Crippen LogP contribution in [-0.2, 0) is 16.0 Å². The van der Waals surface area contributed by atoms with Crippen molar-refractivity contribution in [3.8, 4) is 0 Å². The molecule has 2 amide bonds. The molecule has 2 heterocycles. The van der Waals surface area contributed by atoms with E-state index in [0.717, 1.165) is 22.0 Å². The zero-order valence-electron chi connectivity index (χ0n) is 15.9. The van der Waals surface area contributed by atoms with E-state index in [2.05, 4.69) is 16.4 Å². The Labute approximate surface area is 188 Å². The summed E-state index contributed by atoms with van der Waals surface area (Å²) in [5.74, 6) is -0.507. The second-order valence-electron chi connectivity index (χ2n) is 6.78. The number of nitrogens with zero attached hydrogens (tertiary/aromatic N) is 1. The molecule has 0 bridgehead atoms. The Hall–Kier alpha value is -2.61. The molecule has 0 aliphatic carbocycles. The molecule has 5 nitrogen and oxygen atoms in total. The predicted octanol–water partition coefficient (Wildman–Crippen LogP) is 4.38. The van der Waals surface area contributed by atoms with Gasteiger partial charge in [0.1, 0.15) is 10.9 Å². The number of benzene rings is 2. The van der Waals surface area contributed by atoms with Crippen LogP contribution in [0.4, 0.5) is 0 Å². The first-order chi connectivity index (χ1) is 14.5. The van der Waals surface area contributed by atoms with Gasteiger partial charge in [0.15, 0.2) is 0 Å². The molecule has 0 spiro atoms. The van der Waals surface area contributed by atoms with Crippen molar-refractivity contribution in [3.63, 3.8) is 0 Å². The van der Waals surface area contributed by atoms with E-state index in [1.165, 1.54) is 16.7 Å². The standard InChI is InChI=1S/C22H18ClN3O2S2/c23-16-5-3-4-14(10-16)11-19-21(28)26(22(29)30-19)13-20(27)24-9-8-15-12-25-18-7-2-1-6-17(15)18/h1-7,10-12,25H,8-9,13H2,(H,24,27)/b19-11-. The summed E-state index contributed by atoms with van der Waals surface area (Å²) < 4.78 is 0.375. The molecule has 0 atom stereocenters. The van der Waals surface area contributed by atoms with Crippen LogP contribution in [-0.4, -0.2) is 39.1 Å². The van der Waals surface area contributed by atoms with Gasteiger partial charge in [-0.05, 0) is 41.8 Å². The van der Waals surface area contributed by atoms with Crippen LogP contribution in [0.1, 0.15) is 11.1 Å². The van der Waals surface area contributed by atoms with Gasteiger partial charge in [0, 0.05) is 28.7 Å². The van der Waals surface area contributed by atoms with E-state index in [9.17, 15) is 9.59 Å². The molecule has 8 heteroatoms. The molecular formula is C22H18ClN3O2S2. The molecule has 3 aromatic rings. The quantitative estimate of drug-likeness (QED) is 0.427. The first kappa shape index (κ1) is 20.7. The molecule has 30 heavy (non-hydrogen) atoms. The maximum atomic E-state index is 12.7. The molecule has 1 aromatic heterocycles. The zero-order chi connectivity index (χ0) is 21.1. The minimum Gasteiger partial charge on any atom is -0.361 e. The molecule has 1 aliphatic heterocycles. The summed E-state index contributed by atoms with van der Waals surface area (Å²) in [6.45, 7) is 0.388. The van der Waals surface area contributed by atoms with Gasteiger partial charge in [0.2, 0.25) is 5.91 Å². The van der Waals surface area contributed by atoms with Crippen LogP contribution < -0.4 is 5.32 Å². The van der Waals surface area contributed by atoms with E-state index in [0.29, 0.717) is 27.2 Å². The van der Waals surface area contributed by atoms with Crippen molar-refractivity contribution in [2.75, 3.05) is 13.1 Å². The van der Waals surface area contributed by atoms with Crippen molar-refractivity contribution in [2.45, 2.75) is 6.42 Å². The van der Waals surface area contributed by atoms with E-state index in [-0.39, 0.29) is 18.4 Å². The highest BCUT2D eigenvalue weighted by atomic mass is 35.5. The fourth-order valence-electron chi connectivity index (χ4n) is 3.26. The lowest BCUT2D eigenvalue weighted by Gasteiger charge is -2.14. The minimum atomic E-state index is -0.267. The van der Waals surface area contributed by atoms with Gasteiger partial charge in [0.25, 0.3) is 5.91 Å². The second kappa shape index (κ2) is 9.04. The Morgan fingerprint density at radius 3 is 2.90 bits per heavy atom. The summed E-state index contributed by atoms with van der Waals surface area (Å²) >= 11 is 12.5. The fraction of sp³-hybridized carbons (Fsp3) is 0.136. The third kappa shape index (κ3) is 4.59. The highest BCUT2D eigenvalue weighted by Gasteiger charge is 2.33. The number of nitrogens with one attached hydrogen (secondary N) is 2. The summed E-state index contributed by atoms with van der Waals surface area (Å²) in [5, 5.41) is 4.61. The number of thiocarbonyl (C=S) groups is 1. The zero-order valence-corrected chi connectivity index (χ0v) is 18.2. The largest absolute Gasteiger partial charge is 0.361 e. The van der Waals surface area contributed by atoms with Crippen molar-refractivity contribution in [1.82, 2.24) is 15.2 Å². The maximum absolute atomic E-state index is 12.7. The topological polar surface area (TPSA) is 65.2 Å². The van der Waals surface area contributed by atoms with Crippen LogP contribution in [0.25, 0.3) is 17.0 Å². The Bertz CT molecular complexity index is 1170. The van der Waals surface area contributed by atoms with Crippen LogP contribution in [0.2, 0.25) is 5.02 Å². The lowest BCUT2D eigenvalue weighted by Crippen LogP contribution is -2.40. The van der Waals surface area contributed by atoms with Gasteiger partial charge in [-0.3, -0.25) is 14.5 Å². The molecule has 2 aromatic carbocycles. The molecule has 4 rings (SSSR count). The van der Waals surface area contributed by atoms with Gasteiger partial charge in [-0.1, -0.05) is 65.9 Å². The summed E-state index contributed by atoms with van der Waals surface area (Å²) in [6.07, 6.45) is 4.39. The van der Waals surface area contributed by atoms with Crippen molar-refractivity contribution in [1.29, 1.82) is 0 Å². The third-order valence-electron chi connectivity index (χ3n) is 4.71. The summed E-state index contributed by atoms with van der Waals surface area (Å²) in [6, 6.07) is 15.2.